The van der Waals surface area contributed by atoms with Gasteiger partial charge in [0.1, 0.15) is 11.2 Å². The van der Waals surface area contributed by atoms with Gasteiger partial charge in [-0.15, -0.1) is 0 Å². The number of benzene rings is 2. The first-order valence-electron chi connectivity index (χ1n) is 15.1. The zero-order valence-electron chi connectivity index (χ0n) is 24.2. The molecule has 3 aromatic rings. The summed E-state index contributed by atoms with van der Waals surface area (Å²) in [6, 6.07) is 13.2. The highest BCUT2D eigenvalue weighted by Crippen LogP contribution is 2.69. The van der Waals surface area contributed by atoms with E-state index >= 15 is 0 Å². The fourth-order valence-corrected chi connectivity index (χ4v) is 8.15. The average molecular weight is 632 g/mol. The molecule has 1 unspecified atom stereocenters. The molecule has 2 bridgehead atoms. The molecular formula is C32H34ClF4N5O2. The van der Waals surface area contributed by atoms with Crippen LogP contribution in [-0.2, 0) is 6.18 Å². The summed E-state index contributed by atoms with van der Waals surface area (Å²) in [6.07, 6.45) is -0.820. The van der Waals surface area contributed by atoms with Crippen molar-refractivity contribution in [1.82, 2.24) is 14.7 Å². The second kappa shape index (κ2) is 10.7. The molecule has 2 aromatic carbocycles. The van der Waals surface area contributed by atoms with Crippen LogP contribution >= 0.6 is 11.6 Å². The minimum absolute atomic E-state index is 0.226. The van der Waals surface area contributed by atoms with E-state index in [2.05, 4.69) is 39.2 Å². The number of alkyl halides is 4. The van der Waals surface area contributed by atoms with Gasteiger partial charge in [0.15, 0.2) is 5.69 Å². The van der Waals surface area contributed by atoms with Crippen molar-refractivity contribution in [3.05, 3.63) is 64.9 Å². The van der Waals surface area contributed by atoms with Crippen molar-refractivity contribution in [2.75, 3.05) is 55.6 Å². The molecule has 2 aliphatic heterocycles. The molecule has 1 N–H and O–H groups in total. The van der Waals surface area contributed by atoms with Crippen LogP contribution in [0.4, 0.5) is 28.9 Å². The SMILES string of the molecule is O=C(O)c1cnn(C2CCCN(c3cc(Cl)ccc3-c3ccc(N4CCN(CC56CC(F)(C5)C6)CC4)cc3)C2)c1C(F)(F)F. The minimum atomic E-state index is -4.85. The van der Waals surface area contributed by atoms with E-state index in [1.165, 1.54) is 0 Å². The molecule has 1 atom stereocenters. The van der Waals surface area contributed by atoms with Gasteiger partial charge in [-0.1, -0.05) is 29.8 Å². The molecule has 0 radical (unpaired) electrons. The van der Waals surface area contributed by atoms with Crippen LogP contribution in [0.5, 0.6) is 0 Å². The minimum Gasteiger partial charge on any atom is -0.478 e. The number of aromatic carboxylic acids is 1. The Balaban J connectivity index is 1.06. The lowest BCUT2D eigenvalue weighted by molar-refractivity contribution is -0.221. The predicted molar refractivity (Wildman–Crippen MR) is 160 cm³/mol. The Kier molecular flexibility index (Phi) is 7.12. The first-order chi connectivity index (χ1) is 20.9. The number of piperidine rings is 1. The number of nitrogens with zero attached hydrogens (tertiary/aromatic N) is 5. The summed E-state index contributed by atoms with van der Waals surface area (Å²) < 4.78 is 56.5. The van der Waals surface area contributed by atoms with Crippen LogP contribution < -0.4 is 9.80 Å². The number of aromatic nitrogens is 2. The molecular weight excluding hydrogens is 598 g/mol. The second-order valence-electron chi connectivity index (χ2n) is 13.0. The normalized spacial score (nSPS) is 27.2. The summed E-state index contributed by atoms with van der Waals surface area (Å²) in [5.41, 5.74) is 1.12. The molecule has 7 nitrogen and oxygen atoms in total. The Hall–Kier alpha value is -3.31. The van der Waals surface area contributed by atoms with Crippen molar-refractivity contribution in [2.45, 2.75) is 50.0 Å². The number of carboxylic acid groups (broad SMARTS) is 1. The summed E-state index contributed by atoms with van der Waals surface area (Å²) in [7, 11) is 0. The topological polar surface area (TPSA) is 64.8 Å². The van der Waals surface area contributed by atoms with Crippen molar-refractivity contribution in [1.29, 1.82) is 0 Å². The standard InChI is InChI=1S/C32H34ClF4N5O2/c33-22-5-8-25(21-3-6-23(7-4-21)40-12-10-39(11-13-40)20-30-17-31(34,18-30)19-30)27(14-22)41-9-1-2-24(16-41)42-28(32(35,36)37)26(15-38-42)29(43)44/h3-8,14-15,24H,1-2,9-13,16-20H2,(H,43,44). The van der Waals surface area contributed by atoms with E-state index < -0.39 is 35.1 Å². The lowest BCUT2D eigenvalue weighted by Crippen LogP contribution is -2.68. The molecule has 3 heterocycles. The molecule has 3 saturated carbocycles. The van der Waals surface area contributed by atoms with Gasteiger partial charge in [-0.25, -0.2) is 9.18 Å². The predicted octanol–water partition coefficient (Wildman–Crippen LogP) is 6.78. The van der Waals surface area contributed by atoms with E-state index in [4.69, 9.17) is 11.6 Å². The van der Waals surface area contributed by atoms with Gasteiger partial charge in [0, 0.05) is 67.8 Å². The summed E-state index contributed by atoms with van der Waals surface area (Å²) in [5, 5.41) is 13.7. The number of anilines is 2. The lowest BCUT2D eigenvalue weighted by atomic mass is 9.42. The number of carbonyl (C=O) groups is 1. The highest BCUT2D eigenvalue weighted by molar-refractivity contribution is 6.31. The van der Waals surface area contributed by atoms with E-state index in [9.17, 15) is 27.5 Å². The van der Waals surface area contributed by atoms with Crippen LogP contribution in [0.3, 0.4) is 0 Å². The van der Waals surface area contributed by atoms with E-state index in [1.807, 2.05) is 17.0 Å². The Morgan fingerprint density at radius 2 is 1.70 bits per heavy atom. The van der Waals surface area contributed by atoms with Crippen molar-refractivity contribution in [3.8, 4) is 11.1 Å². The van der Waals surface area contributed by atoms with Gasteiger partial charge in [0.2, 0.25) is 0 Å². The Morgan fingerprint density at radius 3 is 2.34 bits per heavy atom. The molecule has 44 heavy (non-hydrogen) atoms. The first kappa shape index (κ1) is 29.4. The summed E-state index contributed by atoms with van der Waals surface area (Å²) in [6.45, 7) is 5.59. The van der Waals surface area contributed by atoms with Crippen molar-refractivity contribution in [3.63, 3.8) is 0 Å². The van der Waals surface area contributed by atoms with Crippen molar-refractivity contribution in [2.24, 2.45) is 5.41 Å². The molecule has 2 saturated heterocycles. The summed E-state index contributed by atoms with van der Waals surface area (Å²) in [5.74, 6) is -1.65. The van der Waals surface area contributed by atoms with Gasteiger partial charge in [-0.2, -0.15) is 18.3 Å². The zero-order chi connectivity index (χ0) is 30.9. The third-order valence-corrected chi connectivity index (χ3v) is 10.1. The van der Waals surface area contributed by atoms with Gasteiger partial charge in [0.05, 0.1) is 12.2 Å². The number of hydrogen-bond acceptors (Lipinski definition) is 5. The third-order valence-electron chi connectivity index (χ3n) is 9.89. The molecule has 8 rings (SSSR count). The van der Waals surface area contributed by atoms with Crippen LogP contribution in [0, 0.1) is 5.41 Å². The molecule has 12 heteroatoms. The maximum absolute atomic E-state index is 13.9. The molecule has 3 aliphatic carbocycles. The average Bonchev–Trinajstić information content (AvgIpc) is 3.43. The van der Waals surface area contributed by atoms with Crippen molar-refractivity contribution >= 4 is 28.9 Å². The van der Waals surface area contributed by atoms with E-state index in [-0.39, 0.29) is 12.0 Å². The van der Waals surface area contributed by atoms with Crippen LogP contribution in [-0.4, -0.2) is 77.2 Å². The third kappa shape index (κ3) is 5.31. The van der Waals surface area contributed by atoms with Gasteiger partial charge in [-0.05, 0) is 67.3 Å². The van der Waals surface area contributed by atoms with E-state index in [0.29, 0.717) is 24.4 Å². The lowest BCUT2D eigenvalue weighted by Gasteiger charge is -2.67. The van der Waals surface area contributed by atoms with E-state index in [1.54, 1.807) is 6.07 Å². The molecule has 234 valence electrons. The molecule has 0 amide bonds. The van der Waals surface area contributed by atoms with Crippen LogP contribution in [0.25, 0.3) is 11.1 Å². The number of carboxylic acids is 1. The van der Waals surface area contributed by atoms with Gasteiger partial charge in [0.25, 0.3) is 0 Å². The van der Waals surface area contributed by atoms with Crippen LogP contribution in [0.2, 0.25) is 5.02 Å². The largest absolute Gasteiger partial charge is 0.478 e. The monoisotopic (exact) mass is 631 g/mol. The van der Waals surface area contributed by atoms with Gasteiger partial charge < -0.3 is 14.9 Å². The quantitative estimate of drug-likeness (QED) is 0.290. The fourth-order valence-electron chi connectivity index (χ4n) is 7.98. The molecule has 1 aromatic heterocycles. The first-order valence-corrected chi connectivity index (χ1v) is 15.5. The Bertz CT molecular complexity index is 1550. The Labute approximate surface area is 258 Å². The maximum Gasteiger partial charge on any atom is 0.433 e. The van der Waals surface area contributed by atoms with Gasteiger partial charge in [-0.3, -0.25) is 9.58 Å². The summed E-state index contributed by atoms with van der Waals surface area (Å²) >= 11 is 6.41. The second-order valence-corrected chi connectivity index (χ2v) is 13.5. The van der Waals surface area contributed by atoms with E-state index in [0.717, 1.165) is 85.4 Å². The zero-order valence-corrected chi connectivity index (χ0v) is 24.9. The molecule has 0 spiro atoms. The van der Waals surface area contributed by atoms with Crippen LogP contribution in [0.15, 0.2) is 48.7 Å². The number of piperazine rings is 1. The van der Waals surface area contributed by atoms with Crippen molar-refractivity contribution < 1.29 is 27.5 Å². The van der Waals surface area contributed by atoms with Gasteiger partial charge >= 0.3 is 12.1 Å². The fraction of sp³-hybridized carbons (Fsp3) is 0.500. The number of hydrogen-bond donors (Lipinski definition) is 1. The summed E-state index contributed by atoms with van der Waals surface area (Å²) in [4.78, 5) is 18.4. The Morgan fingerprint density at radius 1 is 1.00 bits per heavy atom. The highest BCUT2D eigenvalue weighted by Gasteiger charge is 2.69. The smallest absolute Gasteiger partial charge is 0.433 e. The molecule has 5 fully saturated rings. The number of halogens is 5. The maximum atomic E-state index is 13.9. The molecule has 5 aliphatic rings. The number of rotatable bonds is 7. The van der Waals surface area contributed by atoms with Crippen LogP contribution in [0.1, 0.15) is 54.2 Å². The highest BCUT2D eigenvalue weighted by atomic mass is 35.5.